The number of benzene rings is 1. The summed E-state index contributed by atoms with van der Waals surface area (Å²) in [6, 6.07) is 11.8. The van der Waals surface area contributed by atoms with Crippen molar-refractivity contribution in [3.05, 3.63) is 42.0 Å². The van der Waals surface area contributed by atoms with E-state index in [-0.39, 0.29) is 0 Å². The summed E-state index contributed by atoms with van der Waals surface area (Å²) < 4.78 is 43.7. The monoisotopic (exact) mass is 316 g/mol. The van der Waals surface area contributed by atoms with Crippen molar-refractivity contribution < 1.29 is 17.6 Å². The lowest BCUT2D eigenvalue weighted by Crippen LogP contribution is -2.35. The Morgan fingerprint density at radius 2 is 1.57 bits per heavy atom. The summed E-state index contributed by atoms with van der Waals surface area (Å²) in [5, 5.41) is 0. The van der Waals surface area contributed by atoms with E-state index >= 15 is 0 Å². The molecule has 0 heterocycles. The van der Waals surface area contributed by atoms with Gasteiger partial charge < -0.3 is 4.43 Å². The van der Waals surface area contributed by atoms with Gasteiger partial charge in [-0.1, -0.05) is 51.1 Å². The molecule has 0 N–H and O–H groups in total. The van der Waals surface area contributed by atoms with Crippen LogP contribution in [0.25, 0.3) is 5.76 Å². The number of hydrogen-bond donors (Lipinski definition) is 0. The maximum atomic E-state index is 12.5. The van der Waals surface area contributed by atoms with E-state index in [9.17, 15) is 13.2 Å². The van der Waals surface area contributed by atoms with Gasteiger partial charge in [0.25, 0.3) is 0 Å². The Labute approximate surface area is 126 Å². The summed E-state index contributed by atoms with van der Waals surface area (Å²) in [4.78, 5) is 0. The average Bonchev–Trinajstić information content (AvgIpc) is 2.48. The van der Waals surface area contributed by atoms with Crippen molar-refractivity contribution in [3.63, 3.8) is 0 Å². The summed E-state index contributed by atoms with van der Waals surface area (Å²) in [7, 11) is -2.00. The van der Waals surface area contributed by atoms with Gasteiger partial charge in [0.2, 0.25) is 8.32 Å². The van der Waals surface area contributed by atoms with Crippen LogP contribution < -0.4 is 0 Å². The van der Waals surface area contributed by atoms with Crippen LogP contribution in [0.3, 0.4) is 0 Å². The van der Waals surface area contributed by atoms with Gasteiger partial charge >= 0.3 is 6.18 Å². The molecule has 0 aromatic heterocycles. The van der Waals surface area contributed by atoms with Crippen LogP contribution in [0.4, 0.5) is 13.2 Å². The van der Waals surface area contributed by atoms with Crippen LogP contribution in [0.1, 0.15) is 32.8 Å². The Balaban J connectivity index is 3.08. The van der Waals surface area contributed by atoms with Gasteiger partial charge in [-0.15, -0.1) is 0 Å². The summed E-state index contributed by atoms with van der Waals surface area (Å²) in [6.45, 7) is 6.18. The smallest absolute Gasteiger partial charge is 0.392 e. The van der Waals surface area contributed by atoms with E-state index in [4.69, 9.17) is 4.43 Å². The van der Waals surface area contributed by atoms with Crippen molar-refractivity contribution >= 4 is 14.1 Å². The zero-order valence-corrected chi connectivity index (χ0v) is 13.8. The fourth-order valence-corrected chi connectivity index (χ4v) is 4.83. The maximum absolute atomic E-state index is 12.5. The molecule has 5 heteroatoms. The van der Waals surface area contributed by atoms with Gasteiger partial charge in [-0.2, -0.15) is 13.2 Å². The Morgan fingerprint density at radius 1 is 1.05 bits per heavy atom. The molecular formula is C16H23F3OSi. The minimum absolute atomic E-state index is 0.380. The third kappa shape index (κ3) is 5.57. The van der Waals surface area contributed by atoms with Gasteiger partial charge in [-0.25, -0.2) is 0 Å². The van der Waals surface area contributed by atoms with E-state index in [0.717, 1.165) is 18.1 Å². The van der Waals surface area contributed by atoms with Crippen LogP contribution in [0.15, 0.2) is 36.4 Å². The van der Waals surface area contributed by atoms with Crippen LogP contribution in [0, 0.1) is 0 Å². The minimum Gasteiger partial charge on any atom is -0.543 e. The molecule has 118 valence electrons. The van der Waals surface area contributed by atoms with Crippen LogP contribution in [0.5, 0.6) is 0 Å². The van der Waals surface area contributed by atoms with E-state index in [1.54, 1.807) is 12.1 Å². The molecule has 1 aromatic carbocycles. The van der Waals surface area contributed by atoms with Crippen molar-refractivity contribution in [2.45, 2.75) is 51.5 Å². The van der Waals surface area contributed by atoms with Gasteiger partial charge in [0.1, 0.15) is 5.76 Å². The van der Waals surface area contributed by atoms with Crippen LogP contribution >= 0.6 is 0 Å². The molecule has 0 aliphatic carbocycles. The lowest BCUT2D eigenvalue weighted by molar-refractivity contribution is -0.125. The molecule has 1 rings (SSSR count). The van der Waals surface area contributed by atoms with E-state index < -0.39 is 20.9 Å². The Hall–Kier alpha value is -1.23. The standard InChI is InChI=1S/C16H23F3OSi/c1-4-21(5-2,6-3)20-15(12-13-16(17,18)19)14-10-8-7-9-11-14/h7-12H,4-6,13H2,1-3H3/b15-12+. The first kappa shape index (κ1) is 17.8. The van der Waals surface area contributed by atoms with Gasteiger partial charge in [0, 0.05) is 5.56 Å². The van der Waals surface area contributed by atoms with E-state index in [1.165, 1.54) is 6.08 Å². The van der Waals surface area contributed by atoms with Gasteiger partial charge in [-0.05, 0) is 24.2 Å². The first-order valence-corrected chi connectivity index (χ1v) is 9.90. The molecule has 1 nitrogen and oxygen atoms in total. The summed E-state index contributed by atoms with van der Waals surface area (Å²) in [5.41, 5.74) is 0.717. The van der Waals surface area contributed by atoms with Crippen molar-refractivity contribution in [1.29, 1.82) is 0 Å². The molecule has 0 aliphatic rings. The minimum atomic E-state index is -4.21. The third-order valence-electron chi connectivity index (χ3n) is 3.84. The Morgan fingerprint density at radius 3 is 2.00 bits per heavy atom. The Kier molecular flexibility index (Phi) is 6.52. The highest BCUT2D eigenvalue weighted by Gasteiger charge is 2.32. The van der Waals surface area contributed by atoms with Crippen molar-refractivity contribution in [3.8, 4) is 0 Å². The van der Waals surface area contributed by atoms with Crippen LogP contribution in [-0.4, -0.2) is 14.5 Å². The van der Waals surface area contributed by atoms with E-state index in [0.29, 0.717) is 11.3 Å². The number of halogens is 3. The lowest BCUT2D eigenvalue weighted by atomic mass is 10.1. The molecule has 0 saturated carbocycles. The molecular weight excluding hydrogens is 293 g/mol. The second-order valence-corrected chi connectivity index (χ2v) is 9.79. The topological polar surface area (TPSA) is 9.23 Å². The molecule has 0 radical (unpaired) electrons. The fraction of sp³-hybridized carbons (Fsp3) is 0.500. The molecule has 0 spiro atoms. The summed E-state index contributed by atoms with van der Waals surface area (Å²) >= 11 is 0. The molecule has 0 amide bonds. The highest BCUT2D eigenvalue weighted by molar-refractivity contribution is 6.74. The predicted molar refractivity (Wildman–Crippen MR) is 83.4 cm³/mol. The predicted octanol–water partition coefficient (Wildman–Crippen LogP) is 6.00. The van der Waals surface area contributed by atoms with Crippen molar-refractivity contribution in [2.75, 3.05) is 0 Å². The molecule has 0 unspecified atom stereocenters. The zero-order valence-electron chi connectivity index (χ0n) is 12.8. The average molecular weight is 316 g/mol. The summed E-state index contributed by atoms with van der Waals surface area (Å²) in [6.07, 6.45) is -3.99. The number of rotatable bonds is 7. The van der Waals surface area contributed by atoms with Crippen LogP contribution in [0.2, 0.25) is 18.1 Å². The second kappa shape index (κ2) is 7.68. The Bertz CT molecular complexity index is 442. The molecule has 0 aliphatic heterocycles. The lowest BCUT2D eigenvalue weighted by Gasteiger charge is -2.30. The van der Waals surface area contributed by atoms with E-state index in [1.807, 2.05) is 18.2 Å². The normalized spacial score (nSPS) is 13.3. The van der Waals surface area contributed by atoms with Crippen LogP contribution in [-0.2, 0) is 4.43 Å². The third-order valence-corrected chi connectivity index (χ3v) is 8.36. The first-order chi connectivity index (χ1) is 9.86. The summed E-state index contributed by atoms with van der Waals surface area (Å²) in [5.74, 6) is 0.380. The zero-order chi connectivity index (χ0) is 15.9. The second-order valence-electron chi connectivity index (χ2n) is 5.10. The molecule has 0 fully saturated rings. The van der Waals surface area contributed by atoms with Gasteiger partial charge in [0.15, 0.2) is 0 Å². The molecule has 0 bridgehead atoms. The number of allylic oxidation sites excluding steroid dienone is 1. The van der Waals surface area contributed by atoms with E-state index in [2.05, 4.69) is 20.8 Å². The highest BCUT2D eigenvalue weighted by atomic mass is 28.4. The molecule has 1 aromatic rings. The quantitative estimate of drug-likeness (QED) is 0.442. The SMILES string of the molecule is CC[Si](CC)(CC)O/C(=C/CC(F)(F)F)c1ccccc1. The number of hydrogen-bond acceptors (Lipinski definition) is 1. The molecule has 0 saturated heterocycles. The molecule has 0 atom stereocenters. The maximum Gasteiger partial charge on any atom is 0.392 e. The largest absolute Gasteiger partial charge is 0.543 e. The first-order valence-electron chi connectivity index (χ1n) is 7.37. The number of alkyl halides is 3. The highest BCUT2D eigenvalue weighted by Crippen LogP contribution is 2.31. The van der Waals surface area contributed by atoms with Gasteiger partial charge in [0.05, 0.1) is 6.42 Å². The van der Waals surface area contributed by atoms with Crippen molar-refractivity contribution in [2.24, 2.45) is 0 Å². The molecule has 21 heavy (non-hydrogen) atoms. The fourth-order valence-electron chi connectivity index (χ4n) is 2.23. The van der Waals surface area contributed by atoms with Gasteiger partial charge in [-0.3, -0.25) is 0 Å². The van der Waals surface area contributed by atoms with Crippen molar-refractivity contribution in [1.82, 2.24) is 0 Å².